The second-order valence-corrected chi connectivity index (χ2v) is 9.16. The first-order valence-electron chi connectivity index (χ1n) is 12.8. The van der Waals surface area contributed by atoms with Gasteiger partial charge in [0.05, 0.1) is 18.2 Å². The standard InChI is InChI=1S/C28H31N5O5/c1-3-36-21-13-11-20(12-14-21)33(26(34)18-32-24-9-5-4-8-23(24)30-31-32)27(25-15-10-19(2)38-25)28(35)29-17-22-7-6-16-37-22/h4-5,8-15,22,27H,3,6-7,16-18H2,1-2H3,(H,29,35)/t22-,27+/m0/s1. The van der Waals surface area contributed by atoms with Gasteiger partial charge < -0.3 is 19.2 Å². The van der Waals surface area contributed by atoms with Crippen LogP contribution in [0.2, 0.25) is 0 Å². The minimum absolute atomic E-state index is 0.0472. The van der Waals surface area contributed by atoms with Gasteiger partial charge in [0.25, 0.3) is 5.91 Å². The molecule has 0 unspecified atom stereocenters. The summed E-state index contributed by atoms with van der Waals surface area (Å²) in [6, 6.07) is 16.9. The van der Waals surface area contributed by atoms with Crippen LogP contribution in [0.5, 0.6) is 5.75 Å². The number of nitrogens with one attached hydrogen (secondary N) is 1. The summed E-state index contributed by atoms with van der Waals surface area (Å²) in [6.07, 6.45) is 1.80. The Morgan fingerprint density at radius 1 is 1.16 bits per heavy atom. The molecule has 2 atom stereocenters. The van der Waals surface area contributed by atoms with E-state index in [-0.39, 0.29) is 24.5 Å². The highest BCUT2D eigenvalue weighted by atomic mass is 16.5. The Hall–Kier alpha value is -4.18. The molecule has 0 bridgehead atoms. The molecule has 1 fully saturated rings. The summed E-state index contributed by atoms with van der Waals surface area (Å²) < 4.78 is 18.7. The summed E-state index contributed by atoms with van der Waals surface area (Å²) in [6.45, 7) is 5.14. The van der Waals surface area contributed by atoms with Crippen LogP contribution in [0.25, 0.3) is 11.0 Å². The number of carbonyl (C=O) groups is 2. The lowest BCUT2D eigenvalue weighted by molar-refractivity contribution is -0.127. The Balaban J connectivity index is 1.51. The van der Waals surface area contributed by atoms with Gasteiger partial charge in [-0.3, -0.25) is 14.5 Å². The molecule has 4 aromatic rings. The first kappa shape index (κ1) is 25.5. The third-order valence-corrected chi connectivity index (χ3v) is 6.46. The van der Waals surface area contributed by atoms with Crippen molar-refractivity contribution in [3.05, 3.63) is 72.2 Å². The maximum atomic E-state index is 14.0. The third-order valence-electron chi connectivity index (χ3n) is 6.46. The average Bonchev–Trinajstić information content (AvgIpc) is 3.69. The van der Waals surface area contributed by atoms with Crippen LogP contribution in [0.3, 0.4) is 0 Å². The second-order valence-electron chi connectivity index (χ2n) is 9.16. The number of para-hydroxylation sites is 1. The van der Waals surface area contributed by atoms with E-state index in [4.69, 9.17) is 13.9 Å². The predicted molar refractivity (Wildman–Crippen MR) is 141 cm³/mol. The van der Waals surface area contributed by atoms with Gasteiger partial charge in [0, 0.05) is 18.8 Å². The van der Waals surface area contributed by atoms with E-state index in [9.17, 15) is 9.59 Å². The topological polar surface area (TPSA) is 112 Å². The predicted octanol–water partition coefficient (Wildman–Crippen LogP) is 3.80. The van der Waals surface area contributed by atoms with Gasteiger partial charge in [-0.1, -0.05) is 17.3 Å². The van der Waals surface area contributed by atoms with Crippen LogP contribution in [-0.4, -0.2) is 52.7 Å². The van der Waals surface area contributed by atoms with Crippen LogP contribution >= 0.6 is 0 Å². The summed E-state index contributed by atoms with van der Waals surface area (Å²) >= 11 is 0. The number of aromatic nitrogens is 3. The zero-order chi connectivity index (χ0) is 26.5. The summed E-state index contributed by atoms with van der Waals surface area (Å²) in [5, 5.41) is 11.3. The van der Waals surface area contributed by atoms with Crippen molar-refractivity contribution in [1.82, 2.24) is 20.3 Å². The Morgan fingerprint density at radius 2 is 1.97 bits per heavy atom. The highest BCUT2D eigenvalue weighted by Gasteiger charge is 2.36. The van der Waals surface area contributed by atoms with E-state index < -0.39 is 6.04 Å². The first-order chi connectivity index (χ1) is 18.5. The van der Waals surface area contributed by atoms with Crippen LogP contribution in [-0.2, 0) is 20.9 Å². The van der Waals surface area contributed by atoms with Crippen LogP contribution in [0, 0.1) is 6.92 Å². The van der Waals surface area contributed by atoms with Gasteiger partial charge in [-0.25, -0.2) is 4.68 Å². The highest BCUT2D eigenvalue weighted by molar-refractivity contribution is 6.01. The maximum Gasteiger partial charge on any atom is 0.251 e. The van der Waals surface area contributed by atoms with E-state index in [1.54, 1.807) is 43.3 Å². The quantitative estimate of drug-likeness (QED) is 0.341. The summed E-state index contributed by atoms with van der Waals surface area (Å²) in [5.74, 6) is 0.951. The number of anilines is 1. The molecule has 38 heavy (non-hydrogen) atoms. The average molecular weight is 518 g/mol. The number of rotatable bonds is 10. The molecule has 0 spiro atoms. The molecule has 0 saturated carbocycles. The molecule has 10 heteroatoms. The fourth-order valence-corrected chi connectivity index (χ4v) is 4.64. The normalized spacial score (nSPS) is 15.9. The van der Waals surface area contributed by atoms with Crippen LogP contribution < -0.4 is 15.0 Å². The molecule has 0 aliphatic carbocycles. The lowest BCUT2D eigenvalue weighted by Crippen LogP contribution is -2.46. The fourth-order valence-electron chi connectivity index (χ4n) is 4.64. The van der Waals surface area contributed by atoms with E-state index >= 15 is 0 Å². The van der Waals surface area contributed by atoms with E-state index in [0.29, 0.717) is 48.2 Å². The molecule has 2 aromatic carbocycles. The monoisotopic (exact) mass is 517 g/mol. The smallest absolute Gasteiger partial charge is 0.251 e. The number of hydrogen-bond donors (Lipinski definition) is 1. The van der Waals surface area contributed by atoms with Gasteiger partial charge in [0.15, 0.2) is 6.04 Å². The number of benzene rings is 2. The number of ether oxygens (including phenoxy) is 2. The summed E-state index contributed by atoms with van der Waals surface area (Å²) in [5.41, 5.74) is 1.93. The number of hydrogen-bond acceptors (Lipinski definition) is 7. The Morgan fingerprint density at radius 3 is 2.68 bits per heavy atom. The molecule has 1 saturated heterocycles. The number of carbonyl (C=O) groups excluding carboxylic acids is 2. The number of aryl methyl sites for hydroxylation is 1. The van der Waals surface area contributed by atoms with Crippen LogP contribution in [0.1, 0.15) is 37.3 Å². The number of fused-ring (bicyclic) bond motifs is 1. The van der Waals surface area contributed by atoms with Crippen molar-refractivity contribution >= 4 is 28.5 Å². The van der Waals surface area contributed by atoms with E-state index in [0.717, 1.165) is 18.4 Å². The molecule has 0 radical (unpaired) electrons. The summed E-state index contributed by atoms with van der Waals surface area (Å²) in [4.78, 5) is 29.2. The van der Waals surface area contributed by atoms with Crippen LogP contribution in [0.4, 0.5) is 5.69 Å². The Bertz CT molecular complexity index is 1390. The first-order valence-corrected chi connectivity index (χ1v) is 12.8. The largest absolute Gasteiger partial charge is 0.494 e. The van der Waals surface area contributed by atoms with E-state index in [2.05, 4.69) is 15.6 Å². The van der Waals surface area contributed by atoms with Crippen molar-refractivity contribution in [1.29, 1.82) is 0 Å². The number of amides is 2. The van der Waals surface area contributed by atoms with E-state index in [1.807, 2.05) is 31.2 Å². The molecule has 2 amide bonds. The SMILES string of the molecule is CCOc1ccc(N(C(=O)Cn2nnc3ccccc32)[C@@H](C(=O)NC[C@@H]2CCCO2)c2ccc(C)o2)cc1. The fraction of sp³-hybridized carbons (Fsp3) is 0.357. The molecule has 3 heterocycles. The molecular formula is C28H31N5O5. The maximum absolute atomic E-state index is 14.0. The molecule has 1 aliphatic heterocycles. The van der Waals surface area contributed by atoms with Gasteiger partial charge in [-0.15, -0.1) is 5.10 Å². The minimum atomic E-state index is -1.05. The molecular weight excluding hydrogens is 486 g/mol. The lowest BCUT2D eigenvalue weighted by Gasteiger charge is -2.30. The molecule has 5 rings (SSSR count). The van der Waals surface area contributed by atoms with Crippen molar-refractivity contribution in [2.24, 2.45) is 0 Å². The van der Waals surface area contributed by atoms with Gasteiger partial charge in [0.1, 0.15) is 29.3 Å². The molecule has 1 aliphatic rings. The minimum Gasteiger partial charge on any atom is -0.494 e. The number of furan rings is 1. The second kappa shape index (κ2) is 11.5. The van der Waals surface area contributed by atoms with Crippen molar-refractivity contribution in [3.8, 4) is 5.75 Å². The Kier molecular flexibility index (Phi) is 7.69. The van der Waals surface area contributed by atoms with Gasteiger partial charge in [0.2, 0.25) is 5.91 Å². The van der Waals surface area contributed by atoms with Gasteiger partial charge >= 0.3 is 0 Å². The summed E-state index contributed by atoms with van der Waals surface area (Å²) in [7, 11) is 0. The van der Waals surface area contributed by atoms with E-state index in [1.165, 1.54) is 9.58 Å². The lowest BCUT2D eigenvalue weighted by atomic mass is 10.1. The highest BCUT2D eigenvalue weighted by Crippen LogP contribution is 2.31. The molecule has 2 aromatic heterocycles. The molecule has 10 nitrogen and oxygen atoms in total. The zero-order valence-corrected chi connectivity index (χ0v) is 21.5. The molecule has 198 valence electrons. The zero-order valence-electron chi connectivity index (χ0n) is 21.5. The van der Waals surface area contributed by atoms with Crippen molar-refractivity contribution < 1.29 is 23.5 Å². The Labute approximate surface area is 220 Å². The van der Waals surface area contributed by atoms with Gasteiger partial charge in [-0.05, 0) is 75.2 Å². The number of nitrogens with zero attached hydrogens (tertiary/aromatic N) is 4. The van der Waals surface area contributed by atoms with Crippen molar-refractivity contribution in [3.63, 3.8) is 0 Å². The van der Waals surface area contributed by atoms with Crippen molar-refractivity contribution in [2.75, 3.05) is 24.7 Å². The molecule has 1 N–H and O–H groups in total. The third kappa shape index (κ3) is 5.55. The van der Waals surface area contributed by atoms with Crippen LogP contribution in [0.15, 0.2) is 65.1 Å². The van der Waals surface area contributed by atoms with Gasteiger partial charge in [-0.2, -0.15) is 0 Å². The van der Waals surface area contributed by atoms with Crippen molar-refractivity contribution in [2.45, 2.75) is 45.4 Å².